The van der Waals surface area contributed by atoms with Crippen LogP contribution in [-0.4, -0.2) is 18.2 Å². The monoisotopic (exact) mass is 264 g/mol. The molecule has 2 aromatic rings. The fraction of sp³-hybridized carbons (Fsp3) is 0.176. The Bertz CT molecular complexity index is 639. The van der Waals surface area contributed by atoms with E-state index in [0.29, 0.717) is 0 Å². The first-order valence-corrected chi connectivity index (χ1v) is 6.90. The molecule has 1 fully saturated rings. The van der Waals surface area contributed by atoms with Crippen molar-refractivity contribution < 1.29 is 4.74 Å². The Morgan fingerprint density at radius 3 is 2.40 bits per heavy atom. The van der Waals surface area contributed by atoms with Crippen LogP contribution in [0.15, 0.2) is 66.7 Å². The molecule has 0 bridgehead atoms. The maximum absolute atomic E-state index is 6.09. The highest BCUT2D eigenvalue weighted by Gasteiger charge is 2.47. The molecule has 2 aliphatic rings. The van der Waals surface area contributed by atoms with Gasteiger partial charge in [0.05, 0.1) is 12.3 Å². The highest BCUT2D eigenvalue weighted by molar-refractivity contribution is 5.67. The number of nitrogens with zero attached hydrogens (tertiary/aromatic N) is 1. The first-order chi connectivity index (χ1) is 9.88. The number of hydrogen-bond acceptors (Lipinski definition) is 3. The lowest BCUT2D eigenvalue weighted by molar-refractivity contribution is -0.0479. The molecule has 0 aromatic heterocycles. The van der Waals surface area contributed by atoms with Crippen molar-refractivity contribution in [2.45, 2.75) is 5.72 Å². The summed E-state index contributed by atoms with van der Waals surface area (Å²) in [4.78, 5) is 0. The number of benzene rings is 2. The zero-order valence-electron chi connectivity index (χ0n) is 11.1. The molecule has 4 rings (SSSR count). The van der Waals surface area contributed by atoms with Crippen LogP contribution in [0.3, 0.4) is 0 Å². The molecule has 1 atom stereocenters. The lowest BCUT2D eigenvalue weighted by Gasteiger charge is -2.29. The van der Waals surface area contributed by atoms with Gasteiger partial charge in [0.25, 0.3) is 0 Å². The van der Waals surface area contributed by atoms with Crippen molar-refractivity contribution in [1.29, 1.82) is 0 Å². The second-order valence-electron chi connectivity index (χ2n) is 5.10. The number of rotatable bonds is 2. The van der Waals surface area contributed by atoms with E-state index in [1.165, 1.54) is 5.56 Å². The summed E-state index contributed by atoms with van der Waals surface area (Å²) in [5, 5.41) is 2.17. The van der Waals surface area contributed by atoms with Crippen molar-refractivity contribution in [3.05, 3.63) is 77.9 Å². The van der Waals surface area contributed by atoms with Crippen molar-refractivity contribution in [2.75, 3.05) is 13.2 Å². The van der Waals surface area contributed by atoms with E-state index in [0.717, 1.165) is 24.4 Å². The molecule has 1 N–H and O–H groups in total. The minimum Gasteiger partial charge on any atom is -0.349 e. The van der Waals surface area contributed by atoms with E-state index in [-0.39, 0.29) is 0 Å². The fourth-order valence-corrected chi connectivity index (χ4v) is 2.93. The van der Waals surface area contributed by atoms with Gasteiger partial charge >= 0.3 is 0 Å². The highest BCUT2D eigenvalue weighted by atomic mass is 16.5. The zero-order valence-corrected chi connectivity index (χ0v) is 11.1. The van der Waals surface area contributed by atoms with Crippen LogP contribution in [0.1, 0.15) is 11.1 Å². The first-order valence-electron chi connectivity index (χ1n) is 6.90. The Morgan fingerprint density at radius 2 is 1.65 bits per heavy atom. The largest absolute Gasteiger partial charge is 0.349 e. The second-order valence-corrected chi connectivity index (χ2v) is 5.10. The molecular formula is C17H16N2O. The van der Waals surface area contributed by atoms with Gasteiger partial charge in [0.2, 0.25) is 0 Å². The summed E-state index contributed by atoms with van der Waals surface area (Å²) in [5.41, 5.74) is 6.46. The predicted octanol–water partition coefficient (Wildman–Crippen LogP) is 2.73. The van der Waals surface area contributed by atoms with E-state index in [4.69, 9.17) is 4.74 Å². The maximum Gasteiger partial charge on any atom is 0.185 e. The van der Waals surface area contributed by atoms with E-state index < -0.39 is 5.72 Å². The average molecular weight is 264 g/mol. The van der Waals surface area contributed by atoms with Crippen LogP contribution in [0.5, 0.6) is 0 Å². The molecule has 2 aromatic carbocycles. The molecule has 2 aliphatic heterocycles. The van der Waals surface area contributed by atoms with Gasteiger partial charge in [-0.05, 0) is 11.6 Å². The van der Waals surface area contributed by atoms with Gasteiger partial charge < -0.3 is 10.2 Å². The Morgan fingerprint density at radius 1 is 0.950 bits per heavy atom. The number of hydrogen-bond donors (Lipinski definition) is 1. The topological polar surface area (TPSA) is 24.5 Å². The molecule has 20 heavy (non-hydrogen) atoms. The summed E-state index contributed by atoms with van der Waals surface area (Å²) in [7, 11) is 0. The summed E-state index contributed by atoms with van der Waals surface area (Å²) in [6, 6.07) is 20.7. The maximum atomic E-state index is 6.09. The minimum atomic E-state index is -0.466. The highest BCUT2D eigenvalue weighted by Crippen LogP contribution is 2.41. The summed E-state index contributed by atoms with van der Waals surface area (Å²) in [5.74, 6) is 0. The molecule has 0 saturated carbocycles. The van der Waals surface area contributed by atoms with E-state index in [1.807, 2.05) is 12.1 Å². The molecular weight excluding hydrogens is 248 g/mol. The third-order valence-electron chi connectivity index (χ3n) is 3.91. The molecule has 3 heteroatoms. The molecule has 1 saturated heterocycles. The van der Waals surface area contributed by atoms with Crippen LogP contribution >= 0.6 is 0 Å². The van der Waals surface area contributed by atoms with Crippen molar-refractivity contribution >= 4 is 5.70 Å². The fourth-order valence-electron chi connectivity index (χ4n) is 2.93. The minimum absolute atomic E-state index is 0.466. The van der Waals surface area contributed by atoms with Crippen LogP contribution < -0.4 is 5.43 Å². The van der Waals surface area contributed by atoms with E-state index >= 15 is 0 Å². The number of fused-ring (bicyclic) bond motifs is 1. The summed E-state index contributed by atoms with van der Waals surface area (Å²) in [6.45, 7) is 1.61. The Balaban J connectivity index is 1.80. The number of nitrogens with one attached hydrogen (secondary N) is 1. The van der Waals surface area contributed by atoms with Crippen LogP contribution in [0, 0.1) is 0 Å². The van der Waals surface area contributed by atoms with Gasteiger partial charge in [0.1, 0.15) is 0 Å². The predicted molar refractivity (Wildman–Crippen MR) is 78.3 cm³/mol. The van der Waals surface area contributed by atoms with Crippen molar-refractivity contribution in [3.63, 3.8) is 0 Å². The Kier molecular flexibility index (Phi) is 2.62. The molecule has 0 aliphatic carbocycles. The molecule has 0 spiro atoms. The van der Waals surface area contributed by atoms with Gasteiger partial charge in [0, 0.05) is 12.1 Å². The first kappa shape index (κ1) is 11.7. The lowest BCUT2D eigenvalue weighted by atomic mass is 10.0. The van der Waals surface area contributed by atoms with E-state index in [9.17, 15) is 0 Å². The molecule has 0 radical (unpaired) electrons. The second kappa shape index (κ2) is 4.47. The van der Waals surface area contributed by atoms with Gasteiger partial charge in [-0.2, -0.15) is 5.01 Å². The van der Waals surface area contributed by atoms with Crippen molar-refractivity contribution in [2.24, 2.45) is 0 Å². The standard InChI is InChI=1S/C17H16N2O/c1-3-7-14(8-4-1)16-13-17(15-9-5-2-6-10-15)19(18-16)11-12-20-17/h1-10,13,18H,11-12H2. The quantitative estimate of drug-likeness (QED) is 0.902. The molecule has 2 heterocycles. The third-order valence-corrected chi connectivity index (χ3v) is 3.91. The zero-order chi connectivity index (χ0) is 13.4. The SMILES string of the molecule is C1=C(c2ccccc2)NN2CCOC12c1ccccc1. The van der Waals surface area contributed by atoms with Crippen LogP contribution in [0.2, 0.25) is 0 Å². The molecule has 0 amide bonds. The van der Waals surface area contributed by atoms with Gasteiger partial charge in [-0.25, -0.2) is 0 Å². The van der Waals surface area contributed by atoms with Gasteiger partial charge in [-0.1, -0.05) is 60.7 Å². The Labute approximate surface area is 118 Å². The molecule has 3 nitrogen and oxygen atoms in total. The average Bonchev–Trinajstić information content (AvgIpc) is 3.07. The van der Waals surface area contributed by atoms with Crippen molar-refractivity contribution in [1.82, 2.24) is 10.4 Å². The normalized spacial score (nSPS) is 25.1. The van der Waals surface area contributed by atoms with Gasteiger partial charge in [-0.3, -0.25) is 0 Å². The summed E-state index contributed by atoms with van der Waals surface area (Å²) >= 11 is 0. The third kappa shape index (κ3) is 1.68. The van der Waals surface area contributed by atoms with Crippen molar-refractivity contribution in [3.8, 4) is 0 Å². The van der Waals surface area contributed by atoms with E-state index in [2.05, 4.69) is 65.0 Å². The molecule has 1 unspecified atom stereocenters. The van der Waals surface area contributed by atoms with Gasteiger partial charge in [-0.15, -0.1) is 0 Å². The molecule has 100 valence electrons. The smallest absolute Gasteiger partial charge is 0.185 e. The van der Waals surface area contributed by atoms with Crippen LogP contribution in [0.25, 0.3) is 5.70 Å². The summed E-state index contributed by atoms with van der Waals surface area (Å²) in [6.07, 6.45) is 2.19. The lowest BCUT2D eigenvalue weighted by Crippen LogP contribution is -2.42. The van der Waals surface area contributed by atoms with Crippen LogP contribution in [0.4, 0.5) is 0 Å². The number of ether oxygens (including phenoxy) is 1. The van der Waals surface area contributed by atoms with Gasteiger partial charge in [0.15, 0.2) is 5.72 Å². The van der Waals surface area contributed by atoms with Crippen LogP contribution in [-0.2, 0) is 10.5 Å². The number of hydrazine groups is 1. The summed E-state index contributed by atoms with van der Waals surface area (Å²) < 4.78 is 6.09. The van der Waals surface area contributed by atoms with E-state index in [1.54, 1.807) is 0 Å². The Hall–Kier alpha value is -2.10.